The first-order chi connectivity index (χ1) is 19.5. The Kier molecular flexibility index (Phi) is 6.71. The number of aromatic carboxylic acids is 1. The van der Waals surface area contributed by atoms with Gasteiger partial charge in [0.15, 0.2) is 6.10 Å². The molecule has 2 aromatic carbocycles. The summed E-state index contributed by atoms with van der Waals surface area (Å²) in [4.78, 5) is 51.5. The maximum atomic E-state index is 13.7. The fourth-order valence-electron chi connectivity index (χ4n) is 5.35. The van der Waals surface area contributed by atoms with Gasteiger partial charge >= 0.3 is 29.7 Å². The molecule has 0 saturated carbocycles. The van der Waals surface area contributed by atoms with Crippen LogP contribution in [0.3, 0.4) is 0 Å². The number of carboxylic acids is 1. The van der Waals surface area contributed by atoms with E-state index >= 15 is 0 Å². The molecular formula is C26H20F6N4O6. The average molecular weight is 598 g/mol. The van der Waals surface area contributed by atoms with Crippen molar-refractivity contribution >= 4 is 17.0 Å². The molecule has 0 bridgehead atoms. The van der Waals surface area contributed by atoms with Gasteiger partial charge in [0.2, 0.25) is 0 Å². The minimum atomic E-state index is -5.05. The number of hydrogen-bond acceptors (Lipinski definition) is 5. The Morgan fingerprint density at radius 1 is 1.02 bits per heavy atom. The molecule has 10 nitrogen and oxygen atoms in total. The summed E-state index contributed by atoms with van der Waals surface area (Å²) in [7, 11) is 1.27. The van der Waals surface area contributed by atoms with Gasteiger partial charge in [0.25, 0.3) is 5.56 Å². The van der Waals surface area contributed by atoms with Gasteiger partial charge in [-0.3, -0.25) is 23.1 Å². The van der Waals surface area contributed by atoms with Crippen molar-refractivity contribution in [3.05, 3.63) is 96.2 Å². The largest absolute Gasteiger partial charge is 0.477 e. The van der Waals surface area contributed by atoms with Crippen molar-refractivity contribution in [3.8, 4) is 5.69 Å². The molecule has 2 heterocycles. The number of imidazole rings is 1. The van der Waals surface area contributed by atoms with Gasteiger partial charge in [0.05, 0.1) is 34.9 Å². The number of carboxylic acid groups (broad SMARTS) is 1. The first-order valence-corrected chi connectivity index (χ1v) is 12.3. The highest BCUT2D eigenvalue weighted by molar-refractivity contribution is 5.87. The highest BCUT2D eigenvalue weighted by Gasteiger charge is 2.40. The molecule has 2 unspecified atom stereocenters. The van der Waals surface area contributed by atoms with Crippen LogP contribution in [-0.4, -0.2) is 46.7 Å². The Labute approximate surface area is 229 Å². The lowest BCUT2D eigenvalue weighted by atomic mass is 10.0. The normalized spacial score (nSPS) is 16.1. The maximum absolute atomic E-state index is 13.7. The smallest absolute Gasteiger partial charge is 0.416 e. The number of carbonyl (C=O) groups is 1. The summed E-state index contributed by atoms with van der Waals surface area (Å²) in [5.41, 5.74) is -5.45. The molecule has 16 heteroatoms. The highest BCUT2D eigenvalue weighted by atomic mass is 19.4. The van der Waals surface area contributed by atoms with E-state index in [4.69, 9.17) is 0 Å². The zero-order valence-corrected chi connectivity index (χ0v) is 21.4. The van der Waals surface area contributed by atoms with Crippen molar-refractivity contribution in [2.45, 2.75) is 43.9 Å². The molecule has 2 N–H and O–H groups in total. The number of benzene rings is 2. The summed E-state index contributed by atoms with van der Waals surface area (Å²) < 4.78 is 82.9. The number of aromatic nitrogens is 4. The van der Waals surface area contributed by atoms with Crippen LogP contribution in [-0.2, 0) is 26.2 Å². The molecule has 5 rings (SSSR count). The van der Waals surface area contributed by atoms with Gasteiger partial charge in [-0.15, -0.1) is 0 Å². The third-order valence-corrected chi connectivity index (χ3v) is 7.35. The van der Waals surface area contributed by atoms with Gasteiger partial charge in [0.1, 0.15) is 5.56 Å². The fraction of sp³-hybridized carbons (Fsp3) is 0.308. The summed E-state index contributed by atoms with van der Waals surface area (Å²) in [6, 6.07) is 5.67. The molecule has 0 aliphatic heterocycles. The van der Waals surface area contributed by atoms with Crippen LogP contribution in [0, 0.1) is 0 Å². The molecule has 0 radical (unpaired) electrons. The second-order valence-electron chi connectivity index (χ2n) is 9.78. The number of fused-ring (bicyclic) bond motifs is 2. The predicted octanol–water partition coefficient (Wildman–Crippen LogP) is 2.83. The Hall–Kier alpha value is -4.60. The van der Waals surface area contributed by atoms with Crippen LogP contribution in [0.2, 0.25) is 0 Å². The quantitative estimate of drug-likeness (QED) is 0.340. The summed E-state index contributed by atoms with van der Waals surface area (Å²) in [5, 5.41) is 19.3. The number of halogens is 6. The molecular weight excluding hydrogens is 578 g/mol. The zero-order valence-electron chi connectivity index (χ0n) is 21.4. The van der Waals surface area contributed by atoms with Gasteiger partial charge in [-0.05, 0) is 48.2 Å². The molecule has 0 amide bonds. The lowest BCUT2D eigenvalue weighted by Crippen LogP contribution is -2.43. The molecule has 222 valence electrons. The van der Waals surface area contributed by atoms with E-state index in [9.17, 15) is 55.7 Å². The van der Waals surface area contributed by atoms with Crippen LogP contribution in [0.15, 0.2) is 57.0 Å². The first kappa shape index (κ1) is 28.9. The molecule has 2 aromatic heterocycles. The fourth-order valence-corrected chi connectivity index (χ4v) is 5.35. The molecule has 0 spiro atoms. The van der Waals surface area contributed by atoms with Gasteiger partial charge in [-0.2, -0.15) is 26.3 Å². The van der Waals surface area contributed by atoms with Crippen LogP contribution in [0.25, 0.3) is 16.7 Å². The Morgan fingerprint density at radius 3 is 2.33 bits per heavy atom. The van der Waals surface area contributed by atoms with E-state index in [1.54, 1.807) is 0 Å². The van der Waals surface area contributed by atoms with E-state index in [1.807, 2.05) is 0 Å². The Bertz CT molecular complexity index is 1930. The van der Waals surface area contributed by atoms with Crippen LogP contribution < -0.4 is 16.9 Å². The van der Waals surface area contributed by atoms with Crippen molar-refractivity contribution in [3.63, 3.8) is 0 Å². The van der Waals surface area contributed by atoms with Crippen molar-refractivity contribution < 1.29 is 41.4 Å². The SMILES string of the molecule is Cn1c(=O)n(CC(O)C(F)(F)F)c2cc(-n3cc(C(=O)O)c(=O)n(C4CCc5c4cccc5C(F)(F)F)c3=O)ccc21. The first-order valence-electron chi connectivity index (χ1n) is 12.3. The van der Waals surface area contributed by atoms with Crippen LogP contribution in [0.1, 0.15) is 39.5 Å². The molecule has 2 atom stereocenters. The van der Waals surface area contributed by atoms with E-state index in [1.165, 1.54) is 25.2 Å². The minimum Gasteiger partial charge on any atom is -0.477 e. The number of aryl methyl sites for hydroxylation is 1. The predicted molar refractivity (Wildman–Crippen MR) is 134 cm³/mol. The average Bonchev–Trinajstić information content (AvgIpc) is 3.42. The number of rotatable bonds is 5. The maximum Gasteiger partial charge on any atom is 0.416 e. The van der Waals surface area contributed by atoms with E-state index < -0.39 is 65.1 Å². The second kappa shape index (κ2) is 9.75. The topological polar surface area (TPSA) is 128 Å². The Morgan fingerprint density at radius 2 is 1.71 bits per heavy atom. The highest BCUT2D eigenvalue weighted by Crippen LogP contribution is 2.41. The molecule has 0 fully saturated rings. The summed E-state index contributed by atoms with van der Waals surface area (Å²) >= 11 is 0. The van der Waals surface area contributed by atoms with Crippen molar-refractivity contribution in [1.29, 1.82) is 0 Å². The van der Waals surface area contributed by atoms with Crippen LogP contribution in [0.5, 0.6) is 0 Å². The van der Waals surface area contributed by atoms with E-state index in [2.05, 4.69) is 0 Å². The zero-order chi connectivity index (χ0) is 30.9. The van der Waals surface area contributed by atoms with E-state index in [0.717, 1.165) is 27.3 Å². The van der Waals surface area contributed by atoms with Crippen LogP contribution in [0.4, 0.5) is 26.3 Å². The van der Waals surface area contributed by atoms with Gasteiger partial charge in [0, 0.05) is 13.2 Å². The molecule has 1 aliphatic rings. The van der Waals surface area contributed by atoms with E-state index in [-0.39, 0.29) is 40.7 Å². The number of hydrogen-bond donors (Lipinski definition) is 2. The molecule has 1 aliphatic carbocycles. The number of nitrogens with zero attached hydrogens (tertiary/aromatic N) is 4. The molecule has 0 saturated heterocycles. The van der Waals surface area contributed by atoms with Gasteiger partial charge in [-0.1, -0.05) is 12.1 Å². The molecule has 42 heavy (non-hydrogen) atoms. The third kappa shape index (κ3) is 4.60. The van der Waals surface area contributed by atoms with Gasteiger partial charge < -0.3 is 10.2 Å². The second-order valence-corrected chi connectivity index (χ2v) is 9.78. The standard InChI is InChI=1S/C26H20F6N4O6/c1-33-18-7-5-12(9-19(18)35(23(33)41)11-20(37)26(30,31)32)34-10-15(22(39)40)21(38)36(24(34)42)17-8-6-13-14(17)3-2-4-16(13)25(27,28)29/h2-5,7,9-10,17,20,37H,6,8,11H2,1H3,(H,39,40). The number of aliphatic hydroxyl groups is 1. The molecule has 4 aromatic rings. The lowest BCUT2D eigenvalue weighted by Gasteiger charge is -2.19. The van der Waals surface area contributed by atoms with Crippen molar-refractivity contribution in [2.24, 2.45) is 7.05 Å². The summed E-state index contributed by atoms with van der Waals surface area (Å²) in [5.74, 6) is -1.74. The van der Waals surface area contributed by atoms with E-state index in [0.29, 0.717) is 15.3 Å². The van der Waals surface area contributed by atoms with Crippen molar-refractivity contribution in [1.82, 2.24) is 18.3 Å². The summed E-state index contributed by atoms with van der Waals surface area (Å²) in [6.07, 6.45) is -12.2. The monoisotopic (exact) mass is 598 g/mol. The lowest BCUT2D eigenvalue weighted by molar-refractivity contribution is -0.207. The van der Waals surface area contributed by atoms with Crippen LogP contribution >= 0.6 is 0 Å². The van der Waals surface area contributed by atoms with Crippen molar-refractivity contribution in [2.75, 3.05) is 0 Å². The third-order valence-electron chi connectivity index (χ3n) is 7.35. The summed E-state index contributed by atoms with van der Waals surface area (Å²) in [6.45, 7) is -1.18. The van der Waals surface area contributed by atoms with Gasteiger partial charge in [-0.25, -0.2) is 14.4 Å². The minimum absolute atomic E-state index is 0.0200. The number of aliphatic hydroxyl groups excluding tert-OH is 1. The Balaban J connectivity index is 1.73. The number of alkyl halides is 6.